The molecular formula is C28H37N5O4S. The Balaban J connectivity index is 1.24. The summed E-state index contributed by atoms with van der Waals surface area (Å²) in [6.07, 6.45) is 0.670. The number of benzene rings is 2. The molecule has 3 aromatic rings. The Kier molecular flexibility index (Phi) is 8.64. The van der Waals surface area contributed by atoms with Crippen molar-refractivity contribution in [2.24, 2.45) is 0 Å². The summed E-state index contributed by atoms with van der Waals surface area (Å²) in [5.41, 5.74) is 2.15. The van der Waals surface area contributed by atoms with Crippen LogP contribution in [0.4, 0.5) is 0 Å². The molecule has 0 atom stereocenters. The average Bonchev–Trinajstić information content (AvgIpc) is 3.35. The third kappa shape index (κ3) is 7.06. The predicted molar refractivity (Wildman–Crippen MR) is 145 cm³/mol. The van der Waals surface area contributed by atoms with E-state index < -0.39 is 10.0 Å². The first kappa shape index (κ1) is 27.9. The van der Waals surface area contributed by atoms with Gasteiger partial charge in [-0.15, -0.1) is 0 Å². The molecule has 0 saturated carbocycles. The van der Waals surface area contributed by atoms with E-state index in [1.807, 2.05) is 42.5 Å². The van der Waals surface area contributed by atoms with Gasteiger partial charge in [0, 0.05) is 52.6 Å². The van der Waals surface area contributed by atoms with Crippen LogP contribution in [0.25, 0.3) is 0 Å². The van der Waals surface area contributed by atoms with Crippen molar-refractivity contribution in [3.8, 4) is 0 Å². The van der Waals surface area contributed by atoms with E-state index in [0.717, 1.165) is 11.1 Å². The SMILES string of the molecule is CN(Cc1ccccc1)C(=O)CCc1nc(CN2CCN(S(=O)(=O)c3ccc(C(C)(C)C)cc3)CC2)no1. The molecule has 0 spiro atoms. The molecule has 9 nitrogen and oxygen atoms in total. The van der Waals surface area contributed by atoms with Gasteiger partial charge in [0.25, 0.3) is 0 Å². The zero-order valence-corrected chi connectivity index (χ0v) is 23.4. The molecule has 0 radical (unpaired) electrons. The zero-order valence-electron chi connectivity index (χ0n) is 22.6. The van der Waals surface area contributed by atoms with Gasteiger partial charge in [-0.3, -0.25) is 9.69 Å². The first-order valence-corrected chi connectivity index (χ1v) is 14.4. The van der Waals surface area contributed by atoms with Gasteiger partial charge in [0.2, 0.25) is 21.8 Å². The number of aryl methyl sites for hydroxylation is 1. The van der Waals surface area contributed by atoms with Crippen LogP contribution in [0.3, 0.4) is 0 Å². The number of rotatable bonds is 9. The largest absolute Gasteiger partial charge is 0.341 e. The van der Waals surface area contributed by atoms with Gasteiger partial charge in [-0.2, -0.15) is 9.29 Å². The second-order valence-electron chi connectivity index (χ2n) is 10.8. The van der Waals surface area contributed by atoms with Crippen LogP contribution >= 0.6 is 0 Å². The highest BCUT2D eigenvalue weighted by Crippen LogP contribution is 2.25. The number of nitrogens with zero attached hydrogens (tertiary/aromatic N) is 5. The molecule has 1 fully saturated rings. The standard InChI is InChI=1S/C28H37N5O4S/c1-28(2,3)23-10-12-24(13-11-23)38(35,36)33-18-16-32(17-19-33)21-25-29-26(37-30-25)14-15-27(34)31(4)20-22-8-6-5-7-9-22/h5-13H,14-21H2,1-4H3. The molecule has 4 rings (SSSR count). The Morgan fingerprint density at radius 2 is 1.66 bits per heavy atom. The molecule has 204 valence electrons. The lowest BCUT2D eigenvalue weighted by Crippen LogP contribution is -2.48. The van der Waals surface area contributed by atoms with Crippen LogP contribution in [0.5, 0.6) is 0 Å². The van der Waals surface area contributed by atoms with Gasteiger partial charge in [-0.25, -0.2) is 8.42 Å². The molecule has 0 bridgehead atoms. The van der Waals surface area contributed by atoms with E-state index >= 15 is 0 Å². The minimum Gasteiger partial charge on any atom is -0.341 e. The normalized spacial score (nSPS) is 15.5. The van der Waals surface area contributed by atoms with E-state index in [0.29, 0.717) is 62.3 Å². The molecule has 0 aliphatic carbocycles. The van der Waals surface area contributed by atoms with Crippen LogP contribution < -0.4 is 0 Å². The Bertz CT molecular complexity index is 1310. The van der Waals surface area contributed by atoms with Gasteiger partial charge < -0.3 is 9.42 Å². The Morgan fingerprint density at radius 3 is 2.29 bits per heavy atom. The number of hydrogen-bond donors (Lipinski definition) is 0. The van der Waals surface area contributed by atoms with Gasteiger partial charge in [0.05, 0.1) is 11.4 Å². The Morgan fingerprint density at radius 1 is 1.00 bits per heavy atom. The van der Waals surface area contributed by atoms with Crippen LogP contribution in [0, 0.1) is 0 Å². The van der Waals surface area contributed by atoms with Gasteiger partial charge in [-0.05, 0) is 28.7 Å². The molecule has 10 heteroatoms. The summed E-state index contributed by atoms with van der Waals surface area (Å²) < 4.78 is 33.2. The van der Waals surface area contributed by atoms with Crippen molar-refractivity contribution in [3.05, 3.63) is 77.4 Å². The van der Waals surface area contributed by atoms with Crippen LogP contribution in [0.15, 0.2) is 64.0 Å². The van der Waals surface area contributed by atoms with Crippen molar-refractivity contribution in [1.82, 2.24) is 24.2 Å². The van der Waals surface area contributed by atoms with Crippen molar-refractivity contribution in [2.45, 2.75) is 57.0 Å². The number of aromatic nitrogens is 2. The van der Waals surface area contributed by atoms with Crippen LogP contribution in [0.1, 0.15) is 50.0 Å². The lowest BCUT2D eigenvalue weighted by Gasteiger charge is -2.33. The lowest BCUT2D eigenvalue weighted by atomic mass is 9.87. The summed E-state index contributed by atoms with van der Waals surface area (Å²) in [7, 11) is -1.75. The highest BCUT2D eigenvalue weighted by Gasteiger charge is 2.29. The molecule has 1 aromatic heterocycles. The number of carbonyl (C=O) groups excluding carboxylic acids is 1. The van der Waals surface area contributed by atoms with Crippen molar-refractivity contribution in [1.29, 1.82) is 0 Å². The molecule has 38 heavy (non-hydrogen) atoms. The maximum atomic E-state index is 13.1. The summed E-state index contributed by atoms with van der Waals surface area (Å²) in [6.45, 7) is 9.29. The van der Waals surface area contributed by atoms with Gasteiger partial charge >= 0.3 is 0 Å². The zero-order chi connectivity index (χ0) is 27.3. The minimum atomic E-state index is -3.54. The molecule has 2 aromatic carbocycles. The van der Waals surface area contributed by atoms with Crippen molar-refractivity contribution < 1.29 is 17.7 Å². The van der Waals surface area contributed by atoms with E-state index in [4.69, 9.17) is 4.52 Å². The Labute approximate surface area is 225 Å². The third-order valence-corrected chi connectivity index (χ3v) is 8.72. The molecule has 1 aliphatic rings. The molecule has 0 N–H and O–H groups in total. The maximum absolute atomic E-state index is 13.1. The second-order valence-corrected chi connectivity index (χ2v) is 12.7. The predicted octanol–water partition coefficient (Wildman–Crippen LogP) is 3.46. The number of piperazine rings is 1. The minimum absolute atomic E-state index is 0.0129. The number of carbonyl (C=O) groups is 1. The van der Waals surface area contributed by atoms with Crippen LogP contribution in [-0.2, 0) is 39.7 Å². The van der Waals surface area contributed by atoms with Crippen molar-refractivity contribution in [2.75, 3.05) is 33.2 Å². The molecular weight excluding hydrogens is 502 g/mol. The monoisotopic (exact) mass is 539 g/mol. The smallest absolute Gasteiger partial charge is 0.243 e. The summed E-state index contributed by atoms with van der Waals surface area (Å²) >= 11 is 0. The molecule has 1 aliphatic heterocycles. The summed E-state index contributed by atoms with van der Waals surface area (Å²) in [4.78, 5) is 21.1. The quantitative estimate of drug-likeness (QED) is 0.411. The highest BCUT2D eigenvalue weighted by molar-refractivity contribution is 7.89. The molecule has 2 heterocycles. The molecule has 0 unspecified atom stereocenters. The summed E-state index contributed by atoms with van der Waals surface area (Å²) in [5.74, 6) is 0.986. The van der Waals surface area contributed by atoms with E-state index in [1.165, 1.54) is 4.31 Å². The first-order valence-electron chi connectivity index (χ1n) is 12.9. The maximum Gasteiger partial charge on any atom is 0.243 e. The van der Waals surface area contributed by atoms with E-state index in [1.54, 1.807) is 24.1 Å². The first-order chi connectivity index (χ1) is 18.0. The molecule has 1 saturated heterocycles. The van der Waals surface area contributed by atoms with Gasteiger partial charge in [0.15, 0.2) is 5.82 Å². The van der Waals surface area contributed by atoms with Crippen LogP contribution in [-0.4, -0.2) is 71.8 Å². The number of sulfonamides is 1. The van der Waals surface area contributed by atoms with E-state index in [2.05, 4.69) is 35.8 Å². The second kappa shape index (κ2) is 11.8. The third-order valence-electron chi connectivity index (χ3n) is 6.81. The highest BCUT2D eigenvalue weighted by atomic mass is 32.2. The van der Waals surface area contributed by atoms with Crippen LogP contribution in [0.2, 0.25) is 0 Å². The van der Waals surface area contributed by atoms with Crippen molar-refractivity contribution >= 4 is 15.9 Å². The summed E-state index contributed by atoms with van der Waals surface area (Å²) in [5, 5.41) is 4.06. The Hall–Kier alpha value is -3.08. The lowest BCUT2D eigenvalue weighted by molar-refractivity contribution is -0.130. The van der Waals surface area contributed by atoms with E-state index in [9.17, 15) is 13.2 Å². The molecule has 1 amide bonds. The van der Waals surface area contributed by atoms with Gasteiger partial charge in [0.1, 0.15) is 0 Å². The number of amides is 1. The summed E-state index contributed by atoms with van der Waals surface area (Å²) in [6, 6.07) is 17.0. The fourth-order valence-electron chi connectivity index (χ4n) is 4.41. The fourth-order valence-corrected chi connectivity index (χ4v) is 5.83. The fraction of sp³-hybridized carbons (Fsp3) is 0.464. The van der Waals surface area contributed by atoms with E-state index in [-0.39, 0.29) is 17.7 Å². The topological polar surface area (TPSA) is 99.9 Å². The average molecular weight is 540 g/mol. The van der Waals surface area contributed by atoms with Gasteiger partial charge in [-0.1, -0.05) is 68.4 Å². The van der Waals surface area contributed by atoms with Crippen molar-refractivity contribution in [3.63, 3.8) is 0 Å². The number of hydrogen-bond acceptors (Lipinski definition) is 7.